The molecular weight excluding hydrogens is 281 g/mol. The summed E-state index contributed by atoms with van der Waals surface area (Å²) in [5.41, 5.74) is 2.12. The van der Waals surface area contributed by atoms with Gasteiger partial charge in [-0.2, -0.15) is 0 Å². The van der Waals surface area contributed by atoms with Crippen molar-refractivity contribution in [2.24, 2.45) is 0 Å². The maximum Gasteiger partial charge on any atom is 0.220 e. The van der Waals surface area contributed by atoms with Crippen LogP contribution in [-0.4, -0.2) is 11.7 Å². The molecule has 0 aliphatic rings. The van der Waals surface area contributed by atoms with Gasteiger partial charge in [0, 0.05) is 30.5 Å². The Labute approximate surface area is 129 Å². The first-order valence-corrected chi connectivity index (χ1v) is 7.16. The number of carbonyl (C=O) groups is 2. The van der Waals surface area contributed by atoms with Gasteiger partial charge in [-0.25, -0.2) is 4.39 Å². The van der Waals surface area contributed by atoms with Crippen LogP contribution in [0.5, 0.6) is 0 Å². The van der Waals surface area contributed by atoms with E-state index in [9.17, 15) is 14.0 Å². The van der Waals surface area contributed by atoms with E-state index in [0.717, 1.165) is 5.56 Å². The second-order valence-corrected chi connectivity index (χ2v) is 5.16. The lowest BCUT2D eigenvalue weighted by Crippen LogP contribution is -2.23. The number of amides is 1. The molecule has 0 fully saturated rings. The third-order valence-electron chi connectivity index (χ3n) is 3.39. The molecule has 0 saturated carbocycles. The fourth-order valence-corrected chi connectivity index (χ4v) is 2.03. The first-order valence-electron chi connectivity index (χ1n) is 7.16. The van der Waals surface area contributed by atoms with E-state index >= 15 is 0 Å². The quantitative estimate of drug-likeness (QED) is 0.831. The zero-order valence-corrected chi connectivity index (χ0v) is 12.4. The first-order chi connectivity index (χ1) is 10.6. The van der Waals surface area contributed by atoms with E-state index in [2.05, 4.69) is 5.32 Å². The average molecular weight is 299 g/mol. The van der Waals surface area contributed by atoms with Gasteiger partial charge in [0.1, 0.15) is 5.82 Å². The van der Waals surface area contributed by atoms with E-state index < -0.39 is 0 Å². The summed E-state index contributed by atoms with van der Waals surface area (Å²) in [6.07, 6.45) is 0.243. The van der Waals surface area contributed by atoms with Crippen LogP contribution in [-0.2, 0) is 11.3 Å². The molecule has 0 radical (unpaired) electrons. The molecule has 2 aromatic rings. The molecule has 0 heterocycles. The Morgan fingerprint density at radius 1 is 1.00 bits per heavy atom. The minimum Gasteiger partial charge on any atom is -0.352 e. The van der Waals surface area contributed by atoms with Crippen molar-refractivity contribution >= 4 is 11.7 Å². The zero-order chi connectivity index (χ0) is 15.9. The standard InChI is InChI=1S/C18H18FNO2/c1-13-6-8-14(9-7-13)17(21)10-11-18(22)20-12-15-4-2-3-5-16(15)19/h2-9H,10-12H2,1H3,(H,20,22). The Balaban J connectivity index is 1.79. The zero-order valence-electron chi connectivity index (χ0n) is 12.4. The normalized spacial score (nSPS) is 10.3. The second-order valence-electron chi connectivity index (χ2n) is 5.16. The minimum absolute atomic E-state index is 0.0685. The summed E-state index contributed by atoms with van der Waals surface area (Å²) in [4.78, 5) is 23.7. The highest BCUT2D eigenvalue weighted by Crippen LogP contribution is 2.08. The molecule has 1 N–H and O–H groups in total. The SMILES string of the molecule is Cc1ccc(C(=O)CCC(=O)NCc2ccccc2F)cc1. The van der Waals surface area contributed by atoms with Crippen LogP contribution in [0.15, 0.2) is 48.5 Å². The Kier molecular flexibility index (Phi) is 5.42. The molecule has 0 bridgehead atoms. The van der Waals surface area contributed by atoms with Crippen LogP contribution in [0.2, 0.25) is 0 Å². The molecule has 0 atom stereocenters. The lowest BCUT2D eigenvalue weighted by molar-refractivity contribution is -0.121. The van der Waals surface area contributed by atoms with E-state index in [1.165, 1.54) is 6.07 Å². The number of aryl methyl sites for hydroxylation is 1. The molecule has 2 aromatic carbocycles. The number of ketones is 1. The summed E-state index contributed by atoms with van der Waals surface area (Å²) in [7, 11) is 0. The smallest absolute Gasteiger partial charge is 0.220 e. The van der Waals surface area contributed by atoms with Crippen LogP contribution in [0.25, 0.3) is 0 Å². The van der Waals surface area contributed by atoms with Crippen LogP contribution < -0.4 is 5.32 Å². The van der Waals surface area contributed by atoms with Crippen molar-refractivity contribution in [2.45, 2.75) is 26.3 Å². The van der Waals surface area contributed by atoms with Crippen molar-refractivity contribution in [2.75, 3.05) is 0 Å². The van der Waals surface area contributed by atoms with E-state index in [1.807, 2.05) is 19.1 Å². The summed E-state index contributed by atoms with van der Waals surface area (Å²) < 4.78 is 13.4. The number of nitrogens with one attached hydrogen (secondary N) is 1. The van der Waals surface area contributed by atoms with Crippen molar-refractivity contribution in [1.29, 1.82) is 0 Å². The van der Waals surface area contributed by atoms with Gasteiger partial charge < -0.3 is 5.32 Å². The molecule has 1 amide bonds. The van der Waals surface area contributed by atoms with Gasteiger partial charge in [0.05, 0.1) is 0 Å². The van der Waals surface area contributed by atoms with Crippen molar-refractivity contribution < 1.29 is 14.0 Å². The Bertz CT molecular complexity index is 665. The van der Waals surface area contributed by atoms with Gasteiger partial charge in [0.15, 0.2) is 5.78 Å². The lowest BCUT2D eigenvalue weighted by Gasteiger charge is -2.06. The second kappa shape index (κ2) is 7.50. The van der Waals surface area contributed by atoms with Gasteiger partial charge in [0.2, 0.25) is 5.91 Å². The third-order valence-corrected chi connectivity index (χ3v) is 3.39. The van der Waals surface area contributed by atoms with Crippen LogP contribution in [0.4, 0.5) is 4.39 Å². The van der Waals surface area contributed by atoms with Gasteiger partial charge in [-0.05, 0) is 13.0 Å². The van der Waals surface area contributed by atoms with E-state index in [1.54, 1.807) is 30.3 Å². The molecule has 0 saturated heterocycles. The molecule has 0 aliphatic heterocycles. The van der Waals surface area contributed by atoms with Crippen molar-refractivity contribution in [3.63, 3.8) is 0 Å². The Morgan fingerprint density at radius 2 is 1.68 bits per heavy atom. The van der Waals surface area contributed by atoms with Crippen LogP contribution in [0.3, 0.4) is 0 Å². The highest BCUT2D eigenvalue weighted by Gasteiger charge is 2.09. The summed E-state index contributed by atoms with van der Waals surface area (Å²) in [6.45, 7) is 2.08. The maximum absolute atomic E-state index is 13.4. The molecule has 114 valence electrons. The molecule has 0 aliphatic carbocycles. The molecule has 22 heavy (non-hydrogen) atoms. The van der Waals surface area contributed by atoms with Gasteiger partial charge in [-0.1, -0.05) is 48.0 Å². The lowest BCUT2D eigenvalue weighted by atomic mass is 10.0. The largest absolute Gasteiger partial charge is 0.352 e. The molecule has 0 unspecified atom stereocenters. The van der Waals surface area contributed by atoms with Crippen LogP contribution in [0, 0.1) is 12.7 Å². The van der Waals surface area contributed by atoms with Crippen molar-refractivity contribution in [3.05, 3.63) is 71.0 Å². The monoisotopic (exact) mass is 299 g/mol. The van der Waals surface area contributed by atoms with E-state index in [0.29, 0.717) is 11.1 Å². The third kappa shape index (κ3) is 4.52. The molecular formula is C18H18FNO2. The van der Waals surface area contributed by atoms with E-state index in [4.69, 9.17) is 0 Å². The predicted octanol–water partition coefficient (Wildman–Crippen LogP) is 3.41. The van der Waals surface area contributed by atoms with Crippen molar-refractivity contribution in [1.82, 2.24) is 5.32 Å². The van der Waals surface area contributed by atoms with Gasteiger partial charge >= 0.3 is 0 Å². The van der Waals surface area contributed by atoms with Gasteiger partial charge in [-0.15, -0.1) is 0 Å². The molecule has 0 aromatic heterocycles. The van der Waals surface area contributed by atoms with Crippen molar-refractivity contribution in [3.8, 4) is 0 Å². The molecule has 3 nitrogen and oxygen atoms in total. The minimum atomic E-state index is -0.349. The molecule has 4 heteroatoms. The van der Waals surface area contributed by atoms with Crippen LogP contribution in [0.1, 0.15) is 34.3 Å². The van der Waals surface area contributed by atoms with Crippen LogP contribution >= 0.6 is 0 Å². The average Bonchev–Trinajstić information content (AvgIpc) is 2.52. The summed E-state index contributed by atoms with van der Waals surface area (Å²) in [5.74, 6) is -0.678. The number of halogens is 1. The number of hydrogen-bond acceptors (Lipinski definition) is 2. The number of carbonyl (C=O) groups excluding carboxylic acids is 2. The number of rotatable bonds is 6. The Morgan fingerprint density at radius 3 is 2.36 bits per heavy atom. The number of benzene rings is 2. The summed E-state index contributed by atoms with van der Waals surface area (Å²) in [6, 6.07) is 13.5. The predicted molar refractivity (Wildman–Crippen MR) is 83.0 cm³/mol. The topological polar surface area (TPSA) is 46.2 Å². The summed E-state index contributed by atoms with van der Waals surface area (Å²) in [5, 5.41) is 2.62. The number of hydrogen-bond donors (Lipinski definition) is 1. The van der Waals surface area contributed by atoms with Gasteiger partial charge in [-0.3, -0.25) is 9.59 Å². The fraction of sp³-hybridized carbons (Fsp3) is 0.222. The molecule has 2 rings (SSSR count). The highest BCUT2D eigenvalue weighted by molar-refractivity contribution is 5.97. The van der Waals surface area contributed by atoms with Gasteiger partial charge in [0.25, 0.3) is 0 Å². The maximum atomic E-state index is 13.4. The fourth-order valence-electron chi connectivity index (χ4n) is 2.03. The Hall–Kier alpha value is -2.49. The number of Topliss-reactive ketones (excluding diaryl/α,β-unsaturated/α-hetero) is 1. The summed E-state index contributed by atoms with van der Waals surface area (Å²) >= 11 is 0. The molecule has 0 spiro atoms. The highest BCUT2D eigenvalue weighted by atomic mass is 19.1. The first kappa shape index (κ1) is 15.9. The van der Waals surface area contributed by atoms with E-state index in [-0.39, 0.29) is 36.9 Å².